The number of carbonyl (C=O) groups is 1. The molecule has 3 heterocycles. The van der Waals surface area contributed by atoms with E-state index < -0.39 is 5.97 Å². The van der Waals surface area contributed by atoms with Crippen LogP contribution in [0.3, 0.4) is 0 Å². The van der Waals surface area contributed by atoms with E-state index in [1.165, 1.54) is 0 Å². The van der Waals surface area contributed by atoms with Gasteiger partial charge in [0.1, 0.15) is 5.82 Å². The molecule has 0 atom stereocenters. The molecule has 6 nitrogen and oxygen atoms in total. The lowest BCUT2D eigenvalue weighted by atomic mass is 9.92. The Morgan fingerprint density at radius 3 is 2.68 bits per heavy atom. The number of rotatable bonds is 4. The largest absolute Gasteiger partial charge is 0.478 e. The lowest BCUT2D eigenvalue weighted by Crippen LogP contribution is -2.39. The summed E-state index contributed by atoms with van der Waals surface area (Å²) in [7, 11) is 0. The Kier molecular flexibility index (Phi) is 4.11. The Hall–Kier alpha value is -1.95. The molecule has 1 fully saturated rings. The molecule has 0 amide bonds. The summed E-state index contributed by atoms with van der Waals surface area (Å²) in [5.74, 6) is 0.531. The average molecular weight is 302 g/mol. The highest BCUT2D eigenvalue weighted by Crippen LogP contribution is 2.22. The van der Waals surface area contributed by atoms with Crippen molar-refractivity contribution < 1.29 is 9.90 Å². The number of aromatic nitrogens is 3. The van der Waals surface area contributed by atoms with Gasteiger partial charge in [-0.15, -0.1) is 10.2 Å². The third-order valence-corrected chi connectivity index (χ3v) is 4.57. The molecule has 1 N–H and O–H groups in total. The second kappa shape index (κ2) is 6.04. The number of nitrogens with zero attached hydrogens (tertiary/aromatic N) is 4. The lowest BCUT2D eigenvalue weighted by Gasteiger charge is -2.34. The number of likely N-dealkylation sites (tertiary alicyclic amines) is 1. The third-order valence-electron chi connectivity index (χ3n) is 4.57. The Labute approximate surface area is 129 Å². The highest BCUT2D eigenvalue weighted by atomic mass is 16.4. The second-order valence-corrected chi connectivity index (χ2v) is 6.34. The normalized spacial score (nSPS) is 17.4. The summed E-state index contributed by atoms with van der Waals surface area (Å²) >= 11 is 0. The number of carboxylic acids is 1. The van der Waals surface area contributed by atoms with Crippen LogP contribution in [0.1, 0.15) is 42.9 Å². The molecule has 2 aromatic heterocycles. The van der Waals surface area contributed by atoms with Crippen molar-refractivity contribution in [1.29, 1.82) is 0 Å². The van der Waals surface area contributed by atoms with E-state index in [9.17, 15) is 4.79 Å². The third kappa shape index (κ3) is 2.97. The molecule has 0 aromatic carbocycles. The highest BCUT2D eigenvalue weighted by molar-refractivity contribution is 5.87. The van der Waals surface area contributed by atoms with Crippen molar-refractivity contribution in [3.63, 3.8) is 0 Å². The number of piperidine rings is 1. The summed E-state index contributed by atoms with van der Waals surface area (Å²) in [5.41, 5.74) is 0.975. The van der Waals surface area contributed by atoms with Crippen molar-refractivity contribution in [3.05, 3.63) is 29.7 Å². The molecule has 6 heteroatoms. The van der Waals surface area contributed by atoms with Gasteiger partial charge < -0.3 is 10.0 Å². The fourth-order valence-corrected chi connectivity index (χ4v) is 3.14. The molecule has 3 rings (SSSR count). The highest BCUT2D eigenvalue weighted by Gasteiger charge is 2.22. The quantitative estimate of drug-likeness (QED) is 0.936. The minimum absolute atomic E-state index is 0.267. The number of hydrogen-bond donors (Lipinski definition) is 1. The average Bonchev–Trinajstić information content (AvgIpc) is 2.90. The number of fused-ring (bicyclic) bond motifs is 1. The van der Waals surface area contributed by atoms with Crippen LogP contribution < -0.4 is 0 Å². The zero-order chi connectivity index (χ0) is 15.7. The van der Waals surface area contributed by atoms with Gasteiger partial charge in [0.15, 0.2) is 5.65 Å². The van der Waals surface area contributed by atoms with E-state index in [-0.39, 0.29) is 5.56 Å². The minimum Gasteiger partial charge on any atom is -0.478 e. The molecule has 22 heavy (non-hydrogen) atoms. The molecule has 2 aromatic rings. The molecule has 0 aliphatic carbocycles. The molecule has 0 unspecified atom stereocenters. The van der Waals surface area contributed by atoms with Gasteiger partial charge in [0.05, 0.1) is 5.56 Å². The molecular weight excluding hydrogens is 280 g/mol. The van der Waals surface area contributed by atoms with Crippen molar-refractivity contribution in [2.45, 2.75) is 39.2 Å². The van der Waals surface area contributed by atoms with Gasteiger partial charge in [0, 0.05) is 18.7 Å². The van der Waals surface area contributed by atoms with Gasteiger partial charge in [-0.3, -0.25) is 4.40 Å². The summed E-state index contributed by atoms with van der Waals surface area (Å²) in [6, 6.07) is 3.88. The number of hydrogen-bond acceptors (Lipinski definition) is 4. The van der Waals surface area contributed by atoms with E-state index in [1.807, 2.05) is 4.40 Å². The van der Waals surface area contributed by atoms with Gasteiger partial charge in [-0.05, 0) is 57.8 Å². The van der Waals surface area contributed by atoms with E-state index in [1.54, 1.807) is 18.3 Å². The topological polar surface area (TPSA) is 70.7 Å². The SMILES string of the molecule is CC(C)N1CCC(Cc2nnc3ccc(C(=O)O)cn23)CC1. The van der Waals surface area contributed by atoms with Crippen molar-refractivity contribution in [2.24, 2.45) is 5.92 Å². The fourth-order valence-electron chi connectivity index (χ4n) is 3.14. The molecule has 0 spiro atoms. The van der Waals surface area contributed by atoms with E-state index in [0.29, 0.717) is 17.6 Å². The Morgan fingerprint density at radius 2 is 2.05 bits per heavy atom. The van der Waals surface area contributed by atoms with Gasteiger partial charge in [0.25, 0.3) is 0 Å². The first-order chi connectivity index (χ1) is 10.5. The van der Waals surface area contributed by atoms with E-state index in [4.69, 9.17) is 5.11 Å². The summed E-state index contributed by atoms with van der Waals surface area (Å²) in [4.78, 5) is 13.6. The number of carboxylic acid groups (broad SMARTS) is 1. The van der Waals surface area contributed by atoms with Crippen LogP contribution in [0.2, 0.25) is 0 Å². The van der Waals surface area contributed by atoms with Crippen LogP contribution in [-0.4, -0.2) is 49.7 Å². The maximum Gasteiger partial charge on any atom is 0.337 e. The predicted octanol–water partition coefficient (Wildman–Crippen LogP) is 2.09. The molecule has 1 aliphatic rings. The van der Waals surface area contributed by atoms with E-state index in [0.717, 1.165) is 38.2 Å². The fraction of sp³-hybridized carbons (Fsp3) is 0.562. The van der Waals surface area contributed by atoms with Crippen molar-refractivity contribution in [1.82, 2.24) is 19.5 Å². The van der Waals surface area contributed by atoms with E-state index >= 15 is 0 Å². The van der Waals surface area contributed by atoms with Gasteiger partial charge in [-0.25, -0.2) is 4.79 Å². The minimum atomic E-state index is -0.924. The Balaban J connectivity index is 1.74. The standard InChI is InChI=1S/C16H22N4O2/c1-11(2)19-7-5-12(6-8-19)9-15-18-17-14-4-3-13(16(21)22)10-20(14)15/h3-4,10-12H,5-9H2,1-2H3,(H,21,22). The molecule has 1 aliphatic heterocycles. The van der Waals surface area contributed by atoms with Crippen LogP contribution in [0.5, 0.6) is 0 Å². The first kappa shape index (κ1) is 15.0. The van der Waals surface area contributed by atoms with Crippen LogP contribution in [0.15, 0.2) is 18.3 Å². The van der Waals surface area contributed by atoms with Crippen LogP contribution in [0, 0.1) is 5.92 Å². The zero-order valence-electron chi connectivity index (χ0n) is 13.1. The van der Waals surface area contributed by atoms with Crippen molar-refractivity contribution in [2.75, 3.05) is 13.1 Å². The van der Waals surface area contributed by atoms with Crippen LogP contribution in [0.25, 0.3) is 5.65 Å². The first-order valence-electron chi connectivity index (χ1n) is 7.85. The van der Waals surface area contributed by atoms with E-state index in [2.05, 4.69) is 28.9 Å². The van der Waals surface area contributed by atoms with Crippen LogP contribution in [-0.2, 0) is 6.42 Å². The summed E-state index contributed by atoms with van der Waals surface area (Å²) < 4.78 is 1.82. The summed E-state index contributed by atoms with van der Waals surface area (Å²) in [5, 5.41) is 17.5. The Morgan fingerprint density at radius 1 is 1.32 bits per heavy atom. The van der Waals surface area contributed by atoms with Crippen molar-refractivity contribution >= 4 is 11.6 Å². The van der Waals surface area contributed by atoms with Crippen molar-refractivity contribution in [3.8, 4) is 0 Å². The molecule has 0 bridgehead atoms. The monoisotopic (exact) mass is 302 g/mol. The van der Waals surface area contributed by atoms with Crippen LogP contribution >= 0.6 is 0 Å². The van der Waals surface area contributed by atoms with Gasteiger partial charge >= 0.3 is 5.97 Å². The molecule has 118 valence electrons. The zero-order valence-corrected chi connectivity index (χ0v) is 13.1. The maximum atomic E-state index is 11.1. The van der Waals surface area contributed by atoms with Crippen LogP contribution in [0.4, 0.5) is 0 Å². The second-order valence-electron chi connectivity index (χ2n) is 6.34. The summed E-state index contributed by atoms with van der Waals surface area (Å²) in [6.07, 6.45) is 4.80. The molecule has 1 saturated heterocycles. The van der Waals surface area contributed by atoms with Gasteiger partial charge in [-0.1, -0.05) is 0 Å². The number of aromatic carboxylic acids is 1. The van der Waals surface area contributed by atoms with Gasteiger partial charge in [-0.2, -0.15) is 0 Å². The molecule has 0 saturated carbocycles. The predicted molar refractivity (Wildman–Crippen MR) is 83.1 cm³/mol. The first-order valence-corrected chi connectivity index (χ1v) is 7.85. The maximum absolute atomic E-state index is 11.1. The number of pyridine rings is 1. The lowest BCUT2D eigenvalue weighted by molar-refractivity contribution is 0.0696. The van der Waals surface area contributed by atoms with Gasteiger partial charge in [0.2, 0.25) is 0 Å². The smallest absolute Gasteiger partial charge is 0.337 e. The molecule has 0 radical (unpaired) electrons. The molecular formula is C16H22N4O2. The summed E-state index contributed by atoms with van der Waals surface area (Å²) in [6.45, 7) is 6.72. The Bertz CT molecular complexity index is 672.